The van der Waals surface area contributed by atoms with Gasteiger partial charge in [0.25, 0.3) is 0 Å². The number of dihydropyridines is 1. The highest BCUT2D eigenvalue weighted by molar-refractivity contribution is 6.31. The Balaban J connectivity index is 1.80. The highest BCUT2D eigenvalue weighted by Crippen LogP contribution is 2.47. The molecule has 0 bridgehead atoms. The van der Waals surface area contributed by atoms with Crippen molar-refractivity contribution in [1.82, 2.24) is 5.32 Å². The van der Waals surface area contributed by atoms with Crippen molar-refractivity contribution in [1.29, 1.82) is 0 Å². The predicted molar refractivity (Wildman–Crippen MR) is 124 cm³/mol. The number of halogens is 1. The molecule has 2 unspecified atom stereocenters. The highest BCUT2D eigenvalue weighted by atomic mass is 35.5. The lowest BCUT2D eigenvalue weighted by atomic mass is 9.71. The van der Waals surface area contributed by atoms with Gasteiger partial charge in [-0.25, -0.2) is 4.79 Å². The lowest BCUT2D eigenvalue weighted by molar-refractivity contribution is -0.138. The van der Waals surface area contributed by atoms with Gasteiger partial charge in [0.05, 0.1) is 19.3 Å². The number of hydrogen-bond acceptors (Lipinski definition) is 5. The van der Waals surface area contributed by atoms with Crippen LogP contribution in [0.1, 0.15) is 49.7 Å². The third kappa shape index (κ3) is 4.05. The Morgan fingerprint density at radius 2 is 1.94 bits per heavy atom. The van der Waals surface area contributed by atoms with Crippen LogP contribution in [0.4, 0.5) is 0 Å². The van der Waals surface area contributed by atoms with Crippen molar-refractivity contribution in [2.45, 2.75) is 38.5 Å². The van der Waals surface area contributed by atoms with E-state index in [0.717, 1.165) is 22.6 Å². The number of allylic oxidation sites excluding steroid dienone is 3. The van der Waals surface area contributed by atoms with Crippen molar-refractivity contribution in [2.75, 3.05) is 13.7 Å². The molecule has 0 spiro atoms. The molecule has 1 aliphatic heterocycles. The molecule has 0 radical (unpaired) electrons. The van der Waals surface area contributed by atoms with Crippen molar-refractivity contribution in [3.8, 4) is 5.75 Å². The van der Waals surface area contributed by atoms with Crippen LogP contribution in [0.2, 0.25) is 5.02 Å². The molecule has 2 aromatic rings. The molecule has 1 N–H and O–H groups in total. The van der Waals surface area contributed by atoms with Crippen molar-refractivity contribution in [3.63, 3.8) is 0 Å². The number of nitrogens with one attached hydrogen (secondary N) is 1. The van der Waals surface area contributed by atoms with Crippen LogP contribution in [0.5, 0.6) is 5.75 Å². The fraction of sp³-hybridized carbons (Fsp3) is 0.308. The van der Waals surface area contributed by atoms with E-state index in [-0.39, 0.29) is 18.3 Å². The van der Waals surface area contributed by atoms with Crippen LogP contribution in [0.25, 0.3) is 0 Å². The van der Waals surface area contributed by atoms with E-state index in [0.29, 0.717) is 34.7 Å². The molecule has 0 saturated carbocycles. The second-order valence-electron chi connectivity index (χ2n) is 8.04. The van der Waals surface area contributed by atoms with Crippen molar-refractivity contribution < 1.29 is 19.1 Å². The molecule has 4 rings (SSSR count). The number of rotatable bonds is 5. The van der Waals surface area contributed by atoms with E-state index in [1.807, 2.05) is 49.4 Å². The van der Waals surface area contributed by atoms with Gasteiger partial charge in [-0.15, -0.1) is 0 Å². The van der Waals surface area contributed by atoms with Crippen LogP contribution >= 0.6 is 11.6 Å². The smallest absolute Gasteiger partial charge is 0.336 e. The van der Waals surface area contributed by atoms with Crippen LogP contribution < -0.4 is 10.1 Å². The number of hydrogen-bond donors (Lipinski definition) is 1. The van der Waals surface area contributed by atoms with Gasteiger partial charge in [0, 0.05) is 34.3 Å². The Kier molecular flexibility index (Phi) is 6.38. The molecule has 2 aliphatic rings. The number of Topliss-reactive ketones (excluding diaryl/α,β-unsaturated/α-hetero) is 1. The van der Waals surface area contributed by atoms with Gasteiger partial charge in [-0.3, -0.25) is 4.79 Å². The zero-order valence-electron chi connectivity index (χ0n) is 18.4. The largest absolute Gasteiger partial charge is 0.497 e. The second kappa shape index (κ2) is 9.21. The average Bonchev–Trinajstić information content (AvgIpc) is 2.78. The average molecular weight is 452 g/mol. The predicted octanol–water partition coefficient (Wildman–Crippen LogP) is 5.27. The first-order valence-corrected chi connectivity index (χ1v) is 11.1. The molecule has 2 aromatic carbocycles. The van der Waals surface area contributed by atoms with Crippen LogP contribution in [0.3, 0.4) is 0 Å². The minimum absolute atomic E-state index is 0.00536. The quantitative estimate of drug-likeness (QED) is 0.627. The van der Waals surface area contributed by atoms with E-state index < -0.39 is 11.9 Å². The summed E-state index contributed by atoms with van der Waals surface area (Å²) in [5, 5.41) is 3.87. The monoisotopic (exact) mass is 451 g/mol. The van der Waals surface area contributed by atoms with Gasteiger partial charge < -0.3 is 14.8 Å². The maximum absolute atomic E-state index is 13.5. The normalized spacial score (nSPS) is 20.6. The van der Waals surface area contributed by atoms with E-state index in [4.69, 9.17) is 21.1 Å². The molecule has 6 heteroatoms. The van der Waals surface area contributed by atoms with Crippen molar-refractivity contribution >= 4 is 23.4 Å². The summed E-state index contributed by atoms with van der Waals surface area (Å²) < 4.78 is 10.7. The molecule has 32 heavy (non-hydrogen) atoms. The lowest BCUT2D eigenvalue weighted by Gasteiger charge is -2.37. The fourth-order valence-corrected chi connectivity index (χ4v) is 4.91. The van der Waals surface area contributed by atoms with Gasteiger partial charge in [0.2, 0.25) is 0 Å². The molecule has 5 nitrogen and oxygen atoms in total. The molecule has 1 heterocycles. The summed E-state index contributed by atoms with van der Waals surface area (Å²) in [4.78, 5) is 26.5. The van der Waals surface area contributed by atoms with Crippen LogP contribution in [-0.4, -0.2) is 25.5 Å². The van der Waals surface area contributed by atoms with Gasteiger partial charge in [0.15, 0.2) is 5.78 Å². The summed E-state index contributed by atoms with van der Waals surface area (Å²) in [5.74, 6) is -0.200. The summed E-state index contributed by atoms with van der Waals surface area (Å²) in [6.45, 7) is 3.87. The van der Waals surface area contributed by atoms with Gasteiger partial charge in [-0.05, 0) is 55.5 Å². The summed E-state index contributed by atoms with van der Waals surface area (Å²) in [6.07, 6.45) is 1.01. The molecular weight excluding hydrogens is 426 g/mol. The van der Waals surface area contributed by atoms with E-state index >= 15 is 0 Å². The molecule has 166 valence electrons. The summed E-state index contributed by atoms with van der Waals surface area (Å²) in [7, 11) is 1.63. The zero-order chi connectivity index (χ0) is 22.8. The first-order valence-electron chi connectivity index (χ1n) is 10.7. The molecule has 0 amide bonds. The second-order valence-corrected chi connectivity index (χ2v) is 8.44. The number of benzene rings is 2. The first-order chi connectivity index (χ1) is 15.4. The van der Waals surface area contributed by atoms with Gasteiger partial charge >= 0.3 is 5.97 Å². The molecule has 0 fully saturated rings. The first kappa shape index (κ1) is 22.2. The van der Waals surface area contributed by atoms with E-state index in [9.17, 15) is 9.59 Å². The van der Waals surface area contributed by atoms with Crippen LogP contribution in [0.15, 0.2) is 71.1 Å². The minimum atomic E-state index is -0.558. The highest BCUT2D eigenvalue weighted by Gasteiger charge is 2.42. The third-order valence-corrected chi connectivity index (χ3v) is 6.45. The standard InChI is InChI=1S/C26H26ClNO4/c1-4-32-26(30)23-15(2)28-21-13-17(16-8-7-9-18(12-16)31-3)14-22(29)25(21)24(23)19-10-5-6-11-20(19)27/h5-12,17,24,28H,4,13-14H2,1-3H3. The maximum Gasteiger partial charge on any atom is 0.336 e. The van der Waals surface area contributed by atoms with E-state index in [2.05, 4.69) is 5.32 Å². The topological polar surface area (TPSA) is 64.6 Å². The number of carbonyl (C=O) groups is 2. The van der Waals surface area contributed by atoms with Crippen LogP contribution in [-0.2, 0) is 14.3 Å². The number of carbonyl (C=O) groups excluding carboxylic acids is 2. The lowest BCUT2D eigenvalue weighted by Crippen LogP contribution is -2.36. The van der Waals surface area contributed by atoms with Crippen molar-refractivity contribution in [2.24, 2.45) is 0 Å². The molecular formula is C26H26ClNO4. The number of esters is 1. The maximum atomic E-state index is 13.5. The SMILES string of the molecule is CCOC(=O)C1=C(C)NC2=C(C(=O)CC(c3cccc(OC)c3)C2)C1c1ccccc1Cl. The number of ketones is 1. The molecule has 2 atom stereocenters. The van der Waals surface area contributed by atoms with E-state index in [1.54, 1.807) is 20.1 Å². The Bertz CT molecular complexity index is 1130. The number of methoxy groups -OCH3 is 1. The minimum Gasteiger partial charge on any atom is -0.497 e. The third-order valence-electron chi connectivity index (χ3n) is 6.10. The molecule has 0 aromatic heterocycles. The van der Waals surface area contributed by atoms with Gasteiger partial charge in [0.1, 0.15) is 5.75 Å². The van der Waals surface area contributed by atoms with Crippen LogP contribution in [0, 0.1) is 0 Å². The summed E-state index contributed by atoms with van der Waals surface area (Å²) >= 11 is 6.55. The Hall–Kier alpha value is -3.05. The zero-order valence-corrected chi connectivity index (χ0v) is 19.2. The Morgan fingerprint density at radius 3 is 2.66 bits per heavy atom. The summed E-state index contributed by atoms with van der Waals surface area (Å²) in [6, 6.07) is 15.2. The van der Waals surface area contributed by atoms with Gasteiger partial charge in [-0.2, -0.15) is 0 Å². The number of ether oxygens (including phenoxy) is 2. The Morgan fingerprint density at radius 1 is 1.16 bits per heavy atom. The van der Waals surface area contributed by atoms with E-state index in [1.165, 1.54) is 0 Å². The van der Waals surface area contributed by atoms with Gasteiger partial charge in [-0.1, -0.05) is 41.9 Å². The van der Waals surface area contributed by atoms with Crippen molar-refractivity contribution in [3.05, 3.63) is 87.2 Å². The molecule has 0 saturated heterocycles. The molecule has 1 aliphatic carbocycles. The fourth-order valence-electron chi connectivity index (χ4n) is 4.67. The Labute approximate surface area is 193 Å². The summed E-state index contributed by atoms with van der Waals surface area (Å²) in [5.41, 5.74) is 4.35.